The summed E-state index contributed by atoms with van der Waals surface area (Å²) in [6, 6.07) is 22.4. The van der Waals surface area contributed by atoms with Crippen molar-refractivity contribution >= 4 is 22.5 Å². The number of fused-ring (bicyclic) bond motifs is 1. The number of nitriles is 1. The van der Waals surface area contributed by atoms with Crippen LogP contribution in [0, 0.1) is 11.3 Å². The SMILES string of the molecule is COc1cccc(-c2ccc(CNC(=O)Nc3cccc(C#N)c3)c3cnccc23)c1. The first-order valence-corrected chi connectivity index (χ1v) is 9.73. The molecule has 0 aliphatic rings. The second-order valence-corrected chi connectivity index (χ2v) is 6.93. The molecular formula is C25H20N4O2. The summed E-state index contributed by atoms with van der Waals surface area (Å²) in [7, 11) is 1.65. The van der Waals surface area contributed by atoms with Crippen molar-refractivity contribution in [2.24, 2.45) is 0 Å². The lowest BCUT2D eigenvalue weighted by molar-refractivity contribution is 0.252. The molecule has 0 spiro atoms. The van der Waals surface area contributed by atoms with Gasteiger partial charge in [-0.15, -0.1) is 0 Å². The van der Waals surface area contributed by atoms with Gasteiger partial charge in [0.2, 0.25) is 0 Å². The van der Waals surface area contributed by atoms with Gasteiger partial charge in [-0.2, -0.15) is 5.26 Å². The van der Waals surface area contributed by atoms with E-state index in [1.165, 1.54) is 0 Å². The Balaban J connectivity index is 1.56. The lowest BCUT2D eigenvalue weighted by atomic mass is 9.96. The largest absolute Gasteiger partial charge is 0.497 e. The Morgan fingerprint density at radius 3 is 2.77 bits per heavy atom. The summed E-state index contributed by atoms with van der Waals surface area (Å²) in [5.74, 6) is 0.794. The highest BCUT2D eigenvalue weighted by Gasteiger charge is 2.10. The van der Waals surface area contributed by atoms with Crippen molar-refractivity contribution in [3.8, 4) is 22.9 Å². The molecule has 0 aliphatic heterocycles. The number of methoxy groups -OCH3 is 1. The fraction of sp³-hybridized carbons (Fsp3) is 0.0800. The fourth-order valence-electron chi connectivity index (χ4n) is 3.46. The van der Waals surface area contributed by atoms with E-state index in [-0.39, 0.29) is 6.03 Å². The molecule has 0 aliphatic carbocycles. The number of nitrogens with one attached hydrogen (secondary N) is 2. The number of rotatable bonds is 5. The maximum atomic E-state index is 12.3. The van der Waals surface area contributed by atoms with Crippen LogP contribution in [0.3, 0.4) is 0 Å². The van der Waals surface area contributed by atoms with Crippen molar-refractivity contribution in [3.05, 3.63) is 90.3 Å². The molecule has 1 heterocycles. The standard InChI is InChI=1S/C25H20N4O2/c1-31-21-7-3-5-18(13-21)22-9-8-19(24-16-27-11-10-23(22)24)15-28-25(30)29-20-6-2-4-17(12-20)14-26/h2-13,16H,15H2,1H3,(H2,28,29,30). The third kappa shape index (κ3) is 4.46. The predicted molar refractivity (Wildman–Crippen MR) is 121 cm³/mol. The van der Waals surface area contributed by atoms with Gasteiger partial charge < -0.3 is 15.4 Å². The summed E-state index contributed by atoms with van der Waals surface area (Å²) in [4.78, 5) is 16.6. The van der Waals surface area contributed by atoms with E-state index in [4.69, 9.17) is 10.00 Å². The van der Waals surface area contributed by atoms with Gasteiger partial charge in [-0.05, 0) is 58.5 Å². The van der Waals surface area contributed by atoms with E-state index in [0.29, 0.717) is 17.8 Å². The van der Waals surface area contributed by atoms with Crippen molar-refractivity contribution in [1.82, 2.24) is 10.3 Å². The third-order valence-corrected chi connectivity index (χ3v) is 4.98. The molecule has 31 heavy (non-hydrogen) atoms. The molecule has 2 amide bonds. The molecule has 0 fully saturated rings. The van der Waals surface area contributed by atoms with E-state index in [2.05, 4.69) is 21.7 Å². The Kier molecular flexibility index (Phi) is 5.77. The first-order chi connectivity index (χ1) is 15.2. The molecule has 6 nitrogen and oxygen atoms in total. The minimum atomic E-state index is -0.344. The second-order valence-electron chi connectivity index (χ2n) is 6.93. The molecule has 0 unspecified atom stereocenters. The number of anilines is 1. The van der Waals surface area contributed by atoms with Gasteiger partial charge >= 0.3 is 6.03 Å². The highest BCUT2D eigenvalue weighted by molar-refractivity contribution is 5.98. The summed E-state index contributed by atoms with van der Waals surface area (Å²) in [6.45, 7) is 0.338. The van der Waals surface area contributed by atoms with E-state index in [0.717, 1.165) is 33.2 Å². The van der Waals surface area contributed by atoms with Crippen LogP contribution in [0.1, 0.15) is 11.1 Å². The van der Waals surface area contributed by atoms with Crippen molar-refractivity contribution in [2.45, 2.75) is 6.54 Å². The Morgan fingerprint density at radius 2 is 1.94 bits per heavy atom. The van der Waals surface area contributed by atoms with Crippen LogP contribution in [0.25, 0.3) is 21.9 Å². The van der Waals surface area contributed by atoms with Crippen LogP contribution in [0.4, 0.5) is 10.5 Å². The van der Waals surface area contributed by atoms with Gasteiger partial charge in [-0.1, -0.05) is 30.3 Å². The van der Waals surface area contributed by atoms with Crippen LogP contribution < -0.4 is 15.4 Å². The topological polar surface area (TPSA) is 87.0 Å². The minimum absolute atomic E-state index is 0.338. The number of aromatic nitrogens is 1. The number of hydrogen-bond donors (Lipinski definition) is 2. The summed E-state index contributed by atoms with van der Waals surface area (Å²) in [5, 5.41) is 16.6. The van der Waals surface area contributed by atoms with Crippen LogP contribution in [-0.2, 0) is 6.54 Å². The molecule has 152 valence electrons. The number of pyridine rings is 1. The molecule has 0 atom stereocenters. The molecule has 2 N–H and O–H groups in total. The monoisotopic (exact) mass is 408 g/mol. The molecule has 1 aromatic heterocycles. The van der Waals surface area contributed by atoms with E-state index in [1.54, 1.807) is 37.6 Å². The zero-order valence-corrected chi connectivity index (χ0v) is 16.9. The van der Waals surface area contributed by atoms with Gasteiger partial charge in [0, 0.05) is 30.0 Å². The third-order valence-electron chi connectivity index (χ3n) is 4.98. The predicted octanol–water partition coefficient (Wildman–Crippen LogP) is 5.10. The smallest absolute Gasteiger partial charge is 0.319 e. The van der Waals surface area contributed by atoms with E-state index >= 15 is 0 Å². The Bertz CT molecular complexity index is 1290. The zero-order valence-electron chi connectivity index (χ0n) is 16.9. The molecule has 6 heteroatoms. The number of amides is 2. The zero-order chi connectivity index (χ0) is 21.6. The summed E-state index contributed by atoms with van der Waals surface area (Å²) >= 11 is 0. The molecule has 0 saturated heterocycles. The molecule has 4 rings (SSSR count). The lowest BCUT2D eigenvalue weighted by Gasteiger charge is -2.13. The Labute approximate surface area is 180 Å². The highest BCUT2D eigenvalue weighted by atomic mass is 16.5. The molecule has 0 radical (unpaired) electrons. The number of hydrogen-bond acceptors (Lipinski definition) is 4. The Hall–Kier alpha value is -4.37. The van der Waals surface area contributed by atoms with Crippen LogP contribution >= 0.6 is 0 Å². The quantitative estimate of drug-likeness (QED) is 0.481. The number of ether oxygens (including phenoxy) is 1. The molecule has 4 aromatic rings. The van der Waals surface area contributed by atoms with Gasteiger partial charge in [-0.25, -0.2) is 4.79 Å². The van der Waals surface area contributed by atoms with Crippen LogP contribution in [0.15, 0.2) is 79.1 Å². The molecular weight excluding hydrogens is 388 g/mol. The second kappa shape index (κ2) is 8.97. The summed E-state index contributed by atoms with van der Waals surface area (Å²) in [6.07, 6.45) is 3.57. The average Bonchev–Trinajstić information content (AvgIpc) is 2.82. The first kappa shape index (κ1) is 19.9. The van der Waals surface area contributed by atoms with Crippen LogP contribution in [0.5, 0.6) is 5.75 Å². The van der Waals surface area contributed by atoms with Gasteiger partial charge in [0.25, 0.3) is 0 Å². The van der Waals surface area contributed by atoms with E-state index in [1.807, 2.05) is 48.7 Å². The number of benzene rings is 3. The van der Waals surface area contributed by atoms with Crippen molar-refractivity contribution in [1.29, 1.82) is 5.26 Å². The van der Waals surface area contributed by atoms with Crippen molar-refractivity contribution < 1.29 is 9.53 Å². The molecule has 0 bridgehead atoms. The normalized spacial score (nSPS) is 10.3. The number of nitrogens with zero attached hydrogens (tertiary/aromatic N) is 2. The highest BCUT2D eigenvalue weighted by Crippen LogP contribution is 2.32. The van der Waals surface area contributed by atoms with Gasteiger partial charge in [0.15, 0.2) is 0 Å². The lowest BCUT2D eigenvalue weighted by Crippen LogP contribution is -2.28. The maximum absolute atomic E-state index is 12.3. The number of urea groups is 1. The Morgan fingerprint density at radius 1 is 1.06 bits per heavy atom. The van der Waals surface area contributed by atoms with E-state index < -0.39 is 0 Å². The first-order valence-electron chi connectivity index (χ1n) is 9.73. The average molecular weight is 408 g/mol. The van der Waals surface area contributed by atoms with Crippen LogP contribution in [0.2, 0.25) is 0 Å². The van der Waals surface area contributed by atoms with Gasteiger partial charge in [-0.3, -0.25) is 4.98 Å². The molecule has 0 saturated carbocycles. The number of carbonyl (C=O) groups is 1. The fourth-order valence-corrected chi connectivity index (χ4v) is 3.46. The minimum Gasteiger partial charge on any atom is -0.497 e. The van der Waals surface area contributed by atoms with Crippen molar-refractivity contribution in [2.75, 3.05) is 12.4 Å². The molecule has 3 aromatic carbocycles. The van der Waals surface area contributed by atoms with Crippen molar-refractivity contribution in [3.63, 3.8) is 0 Å². The summed E-state index contributed by atoms with van der Waals surface area (Å²) in [5.41, 5.74) is 4.12. The number of carbonyl (C=O) groups excluding carboxylic acids is 1. The van der Waals surface area contributed by atoms with Crippen LogP contribution in [-0.4, -0.2) is 18.1 Å². The van der Waals surface area contributed by atoms with Gasteiger partial charge in [0.1, 0.15) is 5.75 Å². The van der Waals surface area contributed by atoms with E-state index in [9.17, 15) is 4.79 Å². The maximum Gasteiger partial charge on any atom is 0.319 e. The summed E-state index contributed by atoms with van der Waals surface area (Å²) < 4.78 is 5.36. The van der Waals surface area contributed by atoms with Gasteiger partial charge in [0.05, 0.1) is 18.7 Å².